The van der Waals surface area contributed by atoms with Gasteiger partial charge in [0.05, 0.1) is 6.54 Å². The summed E-state index contributed by atoms with van der Waals surface area (Å²) >= 11 is 1.62. The van der Waals surface area contributed by atoms with Crippen LogP contribution in [0, 0.1) is 18.6 Å². The van der Waals surface area contributed by atoms with Crippen LogP contribution in [0.1, 0.15) is 27.8 Å². The maximum Gasteiger partial charge on any atom is 0.191 e. The number of halogens is 3. The third-order valence-corrected chi connectivity index (χ3v) is 4.70. The fourth-order valence-corrected chi connectivity index (χ4v) is 3.28. The Morgan fingerprint density at radius 1 is 1.38 bits per heavy atom. The summed E-state index contributed by atoms with van der Waals surface area (Å²) in [7, 11) is 1.67. The molecule has 24 heavy (non-hydrogen) atoms. The van der Waals surface area contributed by atoms with Gasteiger partial charge in [-0.05, 0) is 25.5 Å². The number of nitrogens with zero attached hydrogens (tertiary/aromatic N) is 2. The molecule has 2 unspecified atom stereocenters. The molecule has 130 valence electrons. The zero-order chi connectivity index (χ0) is 16.4. The van der Waals surface area contributed by atoms with Crippen molar-refractivity contribution < 1.29 is 8.78 Å². The minimum Gasteiger partial charge on any atom is -0.353 e. The molecule has 1 aromatic heterocycles. The van der Waals surface area contributed by atoms with Crippen molar-refractivity contribution in [2.24, 2.45) is 4.99 Å². The Morgan fingerprint density at radius 3 is 2.67 bits per heavy atom. The SMILES string of the molecule is CN=C(NCc1ncc(C)s1)NC1CC1c1c(F)cccc1F.I. The quantitative estimate of drug-likeness (QED) is 0.414. The first kappa shape index (κ1) is 19.0. The van der Waals surface area contributed by atoms with Crippen molar-refractivity contribution in [2.45, 2.75) is 31.8 Å². The van der Waals surface area contributed by atoms with Crippen molar-refractivity contribution >= 4 is 41.3 Å². The lowest BCUT2D eigenvalue weighted by Gasteiger charge is -2.11. The maximum atomic E-state index is 13.8. The van der Waals surface area contributed by atoms with Gasteiger partial charge in [0.2, 0.25) is 0 Å². The minimum absolute atomic E-state index is 0. The Balaban J connectivity index is 0.00000208. The molecule has 0 spiro atoms. The van der Waals surface area contributed by atoms with E-state index in [1.807, 2.05) is 13.1 Å². The van der Waals surface area contributed by atoms with Crippen molar-refractivity contribution in [3.05, 3.63) is 51.5 Å². The first-order chi connectivity index (χ1) is 11.1. The molecular formula is C16H19F2IN4S. The highest BCUT2D eigenvalue weighted by molar-refractivity contribution is 14.0. The van der Waals surface area contributed by atoms with Gasteiger partial charge >= 0.3 is 0 Å². The molecule has 0 radical (unpaired) electrons. The van der Waals surface area contributed by atoms with Crippen LogP contribution in [0.25, 0.3) is 0 Å². The Bertz CT molecular complexity index is 714. The summed E-state index contributed by atoms with van der Waals surface area (Å²) in [5.74, 6) is -0.514. The Labute approximate surface area is 160 Å². The van der Waals surface area contributed by atoms with E-state index in [-0.39, 0.29) is 41.5 Å². The summed E-state index contributed by atoms with van der Waals surface area (Å²) in [6.07, 6.45) is 2.52. The predicted molar refractivity (Wildman–Crippen MR) is 103 cm³/mol. The van der Waals surface area contributed by atoms with E-state index in [0.717, 1.165) is 9.88 Å². The maximum absolute atomic E-state index is 13.8. The van der Waals surface area contributed by atoms with Crippen LogP contribution < -0.4 is 10.6 Å². The van der Waals surface area contributed by atoms with E-state index < -0.39 is 11.6 Å². The highest BCUT2D eigenvalue weighted by atomic mass is 127. The highest BCUT2D eigenvalue weighted by Crippen LogP contribution is 2.43. The molecule has 0 amide bonds. The average molecular weight is 464 g/mol. The smallest absolute Gasteiger partial charge is 0.191 e. The van der Waals surface area contributed by atoms with Crippen LogP contribution in [-0.2, 0) is 6.54 Å². The molecule has 3 rings (SSSR count). The first-order valence-corrected chi connectivity index (χ1v) is 8.22. The number of aromatic nitrogens is 1. The molecule has 0 bridgehead atoms. The summed E-state index contributed by atoms with van der Waals surface area (Å²) in [6.45, 7) is 2.58. The van der Waals surface area contributed by atoms with Gasteiger partial charge in [-0.15, -0.1) is 35.3 Å². The summed E-state index contributed by atoms with van der Waals surface area (Å²) in [5.41, 5.74) is 0.163. The van der Waals surface area contributed by atoms with Crippen molar-refractivity contribution in [1.82, 2.24) is 15.6 Å². The van der Waals surface area contributed by atoms with Crippen molar-refractivity contribution in [3.63, 3.8) is 0 Å². The molecule has 8 heteroatoms. The zero-order valence-corrected chi connectivity index (χ0v) is 16.5. The molecule has 2 N–H and O–H groups in total. The van der Waals surface area contributed by atoms with Gasteiger partial charge in [-0.3, -0.25) is 4.99 Å². The lowest BCUT2D eigenvalue weighted by molar-refractivity contribution is 0.553. The van der Waals surface area contributed by atoms with Crippen LogP contribution in [0.4, 0.5) is 8.78 Å². The largest absolute Gasteiger partial charge is 0.353 e. The summed E-state index contributed by atoms with van der Waals surface area (Å²) in [4.78, 5) is 9.58. The van der Waals surface area contributed by atoms with Crippen LogP contribution in [0.2, 0.25) is 0 Å². The van der Waals surface area contributed by atoms with Crippen molar-refractivity contribution in [2.75, 3.05) is 7.05 Å². The standard InChI is InChI=1S/C16H18F2N4S.HI/c1-9-7-20-14(23-9)8-21-16(19-2)22-13-6-10(13)15-11(17)4-3-5-12(15)18;/h3-5,7,10,13H,6,8H2,1-2H3,(H2,19,21,22);1H. The molecule has 1 aliphatic rings. The summed E-state index contributed by atoms with van der Waals surface area (Å²) in [6, 6.07) is 3.97. The monoisotopic (exact) mass is 464 g/mol. The van der Waals surface area contributed by atoms with Gasteiger partial charge in [0, 0.05) is 35.6 Å². The number of thiazole rings is 1. The molecule has 0 aliphatic heterocycles. The van der Waals surface area contributed by atoms with Crippen molar-refractivity contribution in [1.29, 1.82) is 0 Å². The second kappa shape index (κ2) is 8.19. The number of aliphatic imine (C=N–C) groups is 1. The van der Waals surface area contributed by atoms with E-state index in [1.165, 1.54) is 18.2 Å². The van der Waals surface area contributed by atoms with Crippen LogP contribution in [0.3, 0.4) is 0 Å². The predicted octanol–water partition coefficient (Wildman–Crippen LogP) is 3.57. The second-order valence-electron chi connectivity index (χ2n) is 5.52. The van der Waals surface area contributed by atoms with Gasteiger partial charge in [0.1, 0.15) is 16.6 Å². The third-order valence-electron chi connectivity index (χ3n) is 3.78. The van der Waals surface area contributed by atoms with E-state index >= 15 is 0 Å². The normalized spacial score (nSPS) is 19.6. The molecular weight excluding hydrogens is 445 g/mol. The van der Waals surface area contributed by atoms with Crippen molar-refractivity contribution in [3.8, 4) is 0 Å². The average Bonchev–Trinajstić information content (AvgIpc) is 3.14. The van der Waals surface area contributed by atoms with E-state index in [9.17, 15) is 8.78 Å². The molecule has 1 fully saturated rings. The van der Waals surface area contributed by atoms with Gasteiger partial charge in [0.15, 0.2) is 5.96 Å². The van der Waals surface area contributed by atoms with Gasteiger partial charge in [-0.25, -0.2) is 13.8 Å². The van der Waals surface area contributed by atoms with E-state index in [1.54, 1.807) is 18.4 Å². The second-order valence-corrected chi connectivity index (χ2v) is 6.84. The lowest BCUT2D eigenvalue weighted by atomic mass is 10.1. The first-order valence-electron chi connectivity index (χ1n) is 7.41. The molecule has 2 aromatic rings. The van der Waals surface area contributed by atoms with E-state index in [0.29, 0.717) is 18.9 Å². The number of hydrogen-bond acceptors (Lipinski definition) is 3. The number of guanidine groups is 1. The van der Waals surface area contributed by atoms with E-state index in [2.05, 4.69) is 20.6 Å². The van der Waals surface area contributed by atoms with Crippen LogP contribution in [0.15, 0.2) is 29.4 Å². The molecule has 4 nitrogen and oxygen atoms in total. The van der Waals surface area contributed by atoms with Crippen LogP contribution in [-0.4, -0.2) is 24.0 Å². The van der Waals surface area contributed by atoms with Gasteiger partial charge in [-0.2, -0.15) is 0 Å². The summed E-state index contributed by atoms with van der Waals surface area (Å²) in [5, 5.41) is 7.34. The Hall–Kier alpha value is -1.29. The molecule has 1 aliphatic carbocycles. The highest BCUT2D eigenvalue weighted by Gasteiger charge is 2.42. The number of aryl methyl sites for hydroxylation is 1. The zero-order valence-electron chi connectivity index (χ0n) is 13.3. The minimum atomic E-state index is -0.486. The lowest BCUT2D eigenvalue weighted by Crippen LogP contribution is -2.38. The van der Waals surface area contributed by atoms with Gasteiger partial charge < -0.3 is 10.6 Å². The van der Waals surface area contributed by atoms with Crippen LogP contribution in [0.5, 0.6) is 0 Å². The Morgan fingerprint density at radius 2 is 2.08 bits per heavy atom. The number of hydrogen-bond donors (Lipinski definition) is 2. The number of rotatable bonds is 4. The molecule has 2 atom stereocenters. The third kappa shape index (κ3) is 4.41. The van der Waals surface area contributed by atoms with Gasteiger partial charge in [0.25, 0.3) is 0 Å². The van der Waals surface area contributed by atoms with Gasteiger partial charge in [-0.1, -0.05) is 6.07 Å². The fourth-order valence-electron chi connectivity index (χ4n) is 2.55. The Kier molecular flexibility index (Phi) is 6.50. The molecule has 1 saturated carbocycles. The topological polar surface area (TPSA) is 49.3 Å². The molecule has 0 saturated heterocycles. The fraction of sp³-hybridized carbons (Fsp3) is 0.375. The molecule has 1 aromatic carbocycles. The summed E-state index contributed by atoms with van der Waals surface area (Å²) < 4.78 is 27.6. The number of nitrogens with one attached hydrogen (secondary N) is 2. The van der Waals surface area contributed by atoms with Crippen LogP contribution >= 0.6 is 35.3 Å². The molecule has 1 heterocycles. The van der Waals surface area contributed by atoms with E-state index in [4.69, 9.17) is 0 Å². The number of benzene rings is 1.